The Morgan fingerprint density at radius 2 is 2.00 bits per heavy atom. The maximum absolute atomic E-state index is 13.1. The number of imidazole rings is 1. The molecule has 1 fully saturated rings. The van der Waals surface area contributed by atoms with Crippen LogP contribution in [0.5, 0.6) is 0 Å². The summed E-state index contributed by atoms with van der Waals surface area (Å²) < 4.78 is 15.3. The van der Waals surface area contributed by atoms with E-state index in [0.29, 0.717) is 5.92 Å². The summed E-state index contributed by atoms with van der Waals surface area (Å²) in [5, 5.41) is 0. The fraction of sp³-hybridized carbons (Fsp3) is 0.423. The molecule has 2 heterocycles. The van der Waals surface area contributed by atoms with Gasteiger partial charge in [-0.1, -0.05) is 24.3 Å². The average Bonchev–Trinajstić information content (AvgIpc) is 3.21. The molecule has 1 aliphatic heterocycles. The molecule has 164 valence electrons. The van der Waals surface area contributed by atoms with Crippen LogP contribution in [0.2, 0.25) is 0 Å². The van der Waals surface area contributed by atoms with Gasteiger partial charge >= 0.3 is 0 Å². The van der Waals surface area contributed by atoms with Gasteiger partial charge in [-0.3, -0.25) is 4.90 Å². The van der Waals surface area contributed by atoms with Gasteiger partial charge in [0.25, 0.3) is 0 Å². The number of hydrogen-bond donors (Lipinski definition) is 0. The Kier molecular flexibility index (Phi) is 7.15. The van der Waals surface area contributed by atoms with E-state index in [1.165, 1.54) is 36.2 Å². The van der Waals surface area contributed by atoms with Crippen molar-refractivity contribution < 1.29 is 4.39 Å². The van der Waals surface area contributed by atoms with Crippen LogP contribution in [0, 0.1) is 18.7 Å². The third-order valence-electron chi connectivity index (χ3n) is 6.21. The van der Waals surface area contributed by atoms with Crippen molar-refractivity contribution in [3.63, 3.8) is 0 Å². The van der Waals surface area contributed by atoms with Gasteiger partial charge in [-0.2, -0.15) is 0 Å². The van der Waals surface area contributed by atoms with E-state index in [4.69, 9.17) is 0 Å². The van der Waals surface area contributed by atoms with Crippen LogP contribution in [0.1, 0.15) is 29.8 Å². The number of rotatable bonds is 8. The lowest BCUT2D eigenvalue weighted by atomic mass is 9.97. The fourth-order valence-corrected chi connectivity index (χ4v) is 4.65. The molecule has 0 saturated carbocycles. The van der Waals surface area contributed by atoms with Crippen molar-refractivity contribution in [3.8, 4) is 5.69 Å². The third kappa shape index (κ3) is 6.02. The van der Waals surface area contributed by atoms with Gasteiger partial charge in [0.2, 0.25) is 0 Å². The molecule has 2 aromatic carbocycles. The number of aromatic nitrogens is 2. The Labute approximate surface area is 185 Å². The summed E-state index contributed by atoms with van der Waals surface area (Å²) in [5.41, 5.74) is 3.64. The molecule has 0 N–H and O–H groups in total. The summed E-state index contributed by atoms with van der Waals surface area (Å²) in [5.74, 6) is 1.60. The van der Waals surface area contributed by atoms with Gasteiger partial charge in [0, 0.05) is 37.7 Å². The highest BCUT2D eigenvalue weighted by atomic mass is 19.1. The van der Waals surface area contributed by atoms with Gasteiger partial charge in [-0.05, 0) is 81.1 Å². The highest BCUT2D eigenvalue weighted by Gasteiger charge is 2.21. The first-order valence-corrected chi connectivity index (χ1v) is 11.3. The predicted molar refractivity (Wildman–Crippen MR) is 124 cm³/mol. The van der Waals surface area contributed by atoms with E-state index in [1.807, 2.05) is 18.3 Å². The maximum atomic E-state index is 13.1. The summed E-state index contributed by atoms with van der Waals surface area (Å²) in [6, 6.07) is 15.5. The molecule has 3 aromatic rings. The zero-order chi connectivity index (χ0) is 21.6. The predicted octanol–water partition coefficient (Wildman–Crippen LogP) is 4.71. The first-order valence-electron chi connectivity index (χ1n) is 11.3. The maximum Gasteiger partial charge on any atom is 0.127 e. The molecule has 1 saturated heterocycles. The van der Waals surface area contributed by atoms with Crippen LogP contribution in [-0.4, -0.2) is 52.6 Å². The smallest absolute Gasteiger partial charge is 0.127 e. The van der Waals surface area contributed by atoms with Crippen molar-refractivity contribution in [3.05, 3.63) is 83.7 Å². The zero-order valence-corrected chi connectivity index (χ0v) is 18.7. The minimum absolute atomic E-state index is 0.159. The van der Waals surface area contributed by atoms with Crippen molar-refractivity contribution in [2.24, 2.45) is 5.92 Å². The largest absolute Gasteiger partial charge is 0.303 e. The van der Waals surface area contributed by atoms with Crippen molar-refractivity contribution in [2.45, 2.75) is 32.7 Å². The first kappa shape index (κ1) is 21.7. The average molecular weight is 421 g/mol. The zero-order valence-electron chi connectivity index (χ0n) is 18.7. The molecule has 0 aliphatic carbocycles. The molecule has 0 radical (unpaired) electrons. The number of piperidine rings is 1. The van der Waals surface area contributed by atoms with Gasteiger partial charge < -0.3 is 9.47 Å². The van der Waals surface area contributed by atoms with E-state index >= 15 is 0 Å². The first-order chi connectivity index (χ1) is 15.1. The molecule has 5 heteroatoms. The van der Waals surface area contributed by atoms with Gasteiger partial charge in [0.05, 0.1) is 6.54 Å². The van der Waals surface area contributed by atoms with Crippen LogP contribution in [0.15, 0.2) is 60.9 Å². The minimum Gasteiger partial charge on any atom is -0.303 e. The van der Waals surface area contributed by atoms with Crippen LogP contribution in [0.3, 0.4) is 0 Å². The van der Waals surface area contributed by atoms with Crippen LogP contribution in [-0.2, 0) is 13.0 Å². The van der Waals surface area contributed by atoms with Gasteiger partial charge in [-0.15, -0.1) is 0 Å². The number of aryl methyl sites for hydroxylation is 1. The van der Waals surface area contributed by atoms with Crippen molar-refractivity contribution >= 4 is 0 Å². The summed E-state index contributed by atoms with van der Waals surface area (Å²) in [6.45, 7) is 7.39. The SMILES string of the molecule is Cc1cccc(-n2ccnc2CN(C)C[C@@H]2CCCN(CCc3ccc(F)cc3)C2)c1. The van der Waals surface area contributed by atoms with Crippen LogP contribution < -0.4 is 0 Å². The number of nitrogens with zero attached hydrogens (tertiary/aromatic N) is 4. The molecule has 1 aliphatic rings. The fourth-order valence-electron chi connectivity index (χ4n) is 4.65. The Morgan fingerprint density at radius 1 is 1.16 bits per heavy atom. The Bertz CT molecular complexity index is 966. The number of benzene rings is 2. The number of hydrogen-bond acceptors (Lipinski definition) is 3. The van der Waals surface area contributed by atoms with Gasteiger partial charge in [0.15, 0.2) is 0 Å². The summed E-state index contributed by atoms with van der Waals surface area (Å²) in [7, 11) is 2.20. The summed E-state index contributed by atoms with van der Waals surface area (Å²) in [6.07, 6.45) is 7.46. The van der Waals surface area contributed by atoms with Crippen LogP contribution in [0.4, 0.5) is 4.39 Å². The molecular weight excluding hydrogens is 387 g/mol. The number of likely N-dealkylation sites (tertiary alicyclic amines) is 1. The highest BCUT2D eigenvalue weighted by molar-refractivity contribution is 5.36. The molecule has 1 aromatic heterocycles. The Morgan fingerprint density at radius 3 is 2.81 bits per heavy atom. The molecular formula is C26H33FN4. The minimum atomic E-state index is -0.159. The molecule has 0 bridgehead atoms. The van der Waals surface area contributed by atoms with Gasteiger partial charge in [0.1, 0.15) is 11.6 Å². The van der Waals surface area contributed by atoms with Crippen LogP contribution >= 0.6 is 0 Å². The van der Waals surface area contributed by atoms with Crippen molar-refractivity contribution in [2.75, 3.05) is 33.2 Å². The van der Waals surface area contributed by atoms with E-state index in [9.17, 15) is 4.39 Å². The summed E-state index contributed by atoms with van der Waals surface area (Å²) >= 11 is 0. The number of halogens is 1. The van der Waals surface area contributed by atoms with Gasteiger partial charge in [-0.25, -0.2) is 9.37 Å². The van der Waals surface area contributed by atoms with E-state index in [-0.39, 0.29) is 5.82 Å². The molecule has 4 rings (SSSR count). The van der Waals surface area contributed by atoms with Crippen molar-refractivity contribution in [1.82, 2.24) is 19.4 Å². The summed E-state index contributed by atoms with van der Waals surface area (Å²) in [4.78, 5) is 9.60. The molecule has 4 nitrogen and oxygen atoms in total. The van der Waals surface area contributed by atoms with E-state index < -0.39 is 0 Å². The Balaban J connectivity index is 1.29. The molecule has 0 amide bonds. The normalized spacial score (nSPS) is 17.4. The second-order valence-corrected chi connectivity index (χ2v) is 8.93. The van der Waals surface area contributed by atoms with E-state index in [0.717, 1.165) is 38.4 Å². The van der Waals surface area contributed by atoms with E-state index in [1.54, 1.807) is 12.1 Å². The lowest BCUT2D eigenvalue weighted by Gasteiger charge is -2.34. The van der Waals surface area contributed by atoms with Crippen LogP contribution in [0.25, 0.3) is 5.69 Å². The monoisotopic (exact) mass is 420 g/mol. The van der Waals surface area contributed by atoms with E-state index in [2.05, 4.69) is 63.8 Å². The standard InChI is InChI=1S/C26H33FN4/c1-21-5-3-7-25(17-21)31-16-13-28-26(31)20-29(2)18-23-6-4-14-30(19-23)15-12-22-8-10-24(27)11-9-22/h3,5,7-11,13,16-17,23H,4,6,12,14-15,18-20H2,1-2H3/t23-/m0/s1. The highest BCUT2D eigenvalue weighted by Crippen LogP contribution is 2.19. The Hall–Kier alpha value is -2.50. The molecule has 1 atom stereocenters. The van der Waals surface area contributed by atoms with Crippen molar-refractivity contribution in [1.29, 1.82) is 0 Å². The quantitative estimate of drug-likeness (QED) is 0.528. The lowest BCUT2D eigenvalue weighted by molar-refractivity contribution is 0.141. The molecule has 0 unspecified atom stereocenters. The molecule has 31 heavy (non-hydrogen) atoms. The lowest BCUT2D eigenvalue weighted by Crippen LogP contribution is -2.41. The third-order valence-corrected chi connectivity index (χ3v) is 6.21. The molecule has 0 spiro atoms. The second kappa shape index (κ2) is 10.2. The topological polar surface area (TPSA) is 24.3 Å². The second-order valence-electron chi connectivity index (χ2n) is 8.93.